The van der Waals surface area contributed by atoms with Gasteiger partial charge < -0.3 is 21.3 Å². The number of nitrogens with one attached hydrogen (secondary N) is 4. The molecule has 0 unspecified atom stereocenters. The number of piperazine rings is 2. The molecular formula is C11H16N4O4S2. The molecule has 2 atom stereocenters. The first-order valence-corrected chi connectivity index (χ1v) is 8.93. The van der Waals surface area contributed by atoms with E-state index in [0.29, 0.717) is 17.9 Å². The quantitative estimate of drug-likeness (QED) is 0.330. The van der Waals surface area contributed by atoms with E-state index in [1.165, 1.54) is 21.6 Å². The average Bonchev–Trinajstić information content (AvgIpc) is 2.45. The molecule has 2 saturated heterocycles. The van der Waals surface area contributed by atoms with E-state index in [2.05, 4.69) is 21.3 Å². The maximum Gasteiger partial charge on any atom is 0.243 e. The zero-order valence-corrected chi connectivity index (χ0v) is 12.8. The lowest BCUT2D eigenvalue weighted by molar-refractivity contribution is -0.133. The Morgan fingerprint density at radius 2 is 1.43 bits per heavy atom. The summed E-state index contributed by atoms with van der Waals surface area (Å²) in [5, 5.41) is 10.3. The second-order valence-corrected chi connectivity index (χ2v) is 7.20. The molecule has 0 spiro atoms. The molecule has 0 radical (unpaired) electrons. The zero-order chi connectivity index (χ0) is 15.2. The van der Waals surface area contributed by atoms with E-state index in [0.717, 1.165) is 0 Å². The highest BCUT2D eigenvalue weighted by Gasteiger charge is 2.27. The predicted molar refractivity (Wildman–Crippen MR) is 79.4 cm³/mol. The highest BCUT2D eigenvalue weighted by Crippen LogP contribution is 2.24. The molecule has 2 fully saturated rings. The normalized spacial score (nSPS) is 25.7. The Labute approximate surface area is 129 Å². The predicted octanol–water partition coefficient (Wildman–Crippen LogP) is -2.01. The van der Waals surface area contributed by atoms with Crippen LogP contribution < -0.4 is 21.3 Å². The summed E-state index contributed by atoms with van der Waals surface area (Å²) in [4.78, 5) is 45.3. The van der Waals surface area contributed by atoms with Crippen LogP contribution in [0, 0.1) is 0 Å². The van der Waals surface area contributed by atoms with Gasteiger partial charge in [-0.25, -0.2) is 0 Å². The smallest absolute Gasteiger partial charge is 0.243 e. The molecule has 4 amide bonds. The molecule has 0 aromatic carbocycles. The molecule has 10 heteroatoms. The summed E-state index contributed by atoms with van der Waals surface area (Å²) < 4.78 is 0. The van der Waals surface area contributed by atoms with Gasteiger partial charge in [-0.05, 0) is 6.42 Å². The van der Waals surface area contributed by atoms with E-state index in [4.69, 9.17) is 0 Å². The first-order valence-electron chi connectivity index (χ1n) is 6.45. The van der Waals surface area contributed by atoms with Crippen LogP contribution in [0.1, 0.15) is 6.42 Å². The maximum absolute atomic E-state index is 11.5. The van der Waals surface area contributed by atoms with Crippen LogP contribution >= 0.6 is 21.6 Å². The summed E-state index contributed by atoms with van der Waals surface area (Å²) in [5.41, 5.74) is 0. The summed E-state index contributed by atoms with van der Waals surface area (Å²) in [7, 11) is 2.95. The third-order valence-corrected chi connectivity index (χ3v) is 5.40. The first kappa shape index (κ1) is 16.0. The minimum atomic E-state index is -0.513. The molecule has 0 aromatic heterocycles. The van der Waals surface area contributed by atoms with E-state index in [1.807, 2.05) is 0 Å². The summed E-state index contributed by atoms with van der Waals surface area (Å²) >= 11 is 0. The lowest BCUT2D eigenvalue weighted by Crippen LogP contribution is -2.57. The van der Waals surface area contributed by atoms with Gasteiger partial charge >= 0.3 is 0 Å². The van der Waals surface area contributed by atoms with Gasteiger partial charge in [0.25, 0.3) is 0 Å². The van der Waals surface area contributed by atoms with Crippen molar-refractivity contribution in [1.29, 1.82) is 0 Å². The zero-order valence-electron chi connectivity index (χ0n) is 11.1. The molecule has 0 saturated carbocycles. The van der Waals surface area contributed by atoms with Crippen LogP contribution in [-0.2, 0) is 19.2 Å². The second kappa shape index (κ2) is 7.55. The molecule has 8 nitrogen and oxygen atoms in total. The molecule has 0 bridgehead atoms. The fraction of sp³-hybridized carbons (Fsp3) is 0.636. The lowest BCUT2D eigenvalue weighted by Gasteiger charge is -2.23. The molecule has 21 heavy (non-hydrogen) atoms. The number of hydrogen-bond acceptors (Lipinski definition) is 6. The molecule has 2 heterocycles. The Bertz CT molecular complexity index is 420. The fourth-order valence-electron chi connectivity index (χ4n) is 1.86. The topological polar surface area (TPSA) is 116 Å². The SMILES string of the molecule is O=C1CNC(=O)[C@H](CCSSC[C@@H]2NC(=O)CNC2=O)N1. The van der Waals surface area contributed by atoms with E-state index in [1.54, 1.807) is 0 Å². The third-order valence-electron chi connectivity index (χ3n) is 2.96. The Morgan fingerprint density at radius 1 is 0.857 bits per heavy atom. The van der Waals surface area contributed by atoms with Gasteiger partial charge in [0.15, 0.2) is 0 Å². The van der Waals surface area contributed by atoms with Crippen LogP contribution in [0.3, 0.4) is 0 Å². The van der Waals surface area contributed by atoms with Gasteiger partial charge in [0, 0.05) is 11.5 Å². The van der Waals surface area contributed by atoms with Gasteiger partial charge in [-0.2, -0.15) is 0 Å². The van der Waals surface area contributed by atoms with Crippen molar-refractivity contribution in [3.8, 4) is 0 Å². The molecule has 2 rings (SSSR count). The van der Waals surface area contributed by atoms with Crippen molar-refractivity contribution in [2.75, 3.05) is 24.6 Å². The number of carbonyl (C=O) groups is 4. The average molecular weight is 332 g/mol. The van der Waals surface area contributed by atoms with Gasteiger partial charge in [-0.3, -0.25) is 19.2 Å². The Morgan fingerprint density at radius 3 is 2.10 bits per heavy atom. The molecule has 116 valence electrons. The Balaban J connectivity index is 1.61. The number of rotatable bonds is 6. The van der Waals surface area contributed by atoms with Crippen molar-refractivity contribution in [3.63, 3.8) is 0 Å². The largest absolute Gasteiger partial charge is 0.345 e. The number of hydrogen-bond donors (Lipinski definition) is 4. The molecule has 0 aliphatic carbocycles. The molecule has 4 N–H and O–H groups in total. The van der Waals surface area contributed by atoms with Crippen LogP contribution in [0.5, 0.6) is 0 Å². The van der Waals surface area contributed by atoms with E-state index in [9.17, 15) is 19.2 Å². The van der Waals surface area contributed by atoms with Gasteiger partial charge in [-0.1, -0.05) is 21.6 Å². The summed E-state index contributed by atoms with van der Waals surface area (Å²) in [6.45, 7) is 0.0668. The van der Waals surface area contributed by atoms with Crippen molar-refractivity contribution < 1.29 is 19.2 Å². The highest BCUT2D eigenvalue weighted by atomic mass is 33.1. The second-order valence-electron chi connectivity index (χ2n) is 4.57. The van der Waals surface area contributed by atoms with Gasteiger partial charge in [0.1, 0.15) is 12.1 Å². The van der Waals surface area contributed by atoms with E-state index < -0.39 is 12.1 Å². The van der Waals surface area contributed by atoms with Gasteiger partial charge in [-0.15, -0.1) is 0 Å². The number of carbonyl (C=O) groups excluding carboxylic acids is 4. The Kier molecular flexibility index (Phi) is 5.74. The van der Waals surface area contributed by atoms with Crippen molar-refractivity contribution in [2.24, 2.45) is 0 Å². The third kappa shape index (κ3) is 4.81. The monoisotopic (exact) mass is 332 g/mol. The van der Waals surface area contributed by atoms with E-state index in [-0.39, 0.29) is 36.7 Å². The lowest BCUT2D eigenvalue weighted by atomic mass is 10.2. The summed E-state index contributed by atoms with van der Waals surface area (Å²) in [5.74, 6) is 0.405. The van der Waals surface area contributed by atoms with Crippen LogP contribution in [-0.4, -0.2) is 60.3 Å². The van der Waals surface area contributed by atoms with Crippen molar-refractivity contribution in [1.82, 2.24) is 21.3 Å². The Hall–Kier alpha value is -1.42. The van der Waals surface area contributed by atoms with Crippen molar-refractivity contribution >= 4 is 45.2 Å². The van der Waals surface area contributed by atoms with E-state index >= 15 is 0 Å². The first-order chi connectivity index (χ1) is 10.1. The standard InChI is InChI=1S/C11H16N4O4S2/c16-8-3-12-10(18)6(14-8)1-2-20-21-5-7-11(19)13-4-9(17)15-7/h6-7H,1-5H2,(H,12,18)(H,13,19)(H,14,16)(H,15,17)/t6-,7-/m0/s1. The summed E-state index contributed by atoms with van der Waals surface area (Å²) in [6.07, 6.45) is 0.526. The summed E-state index contributed by atoms with van der Waals surface area (Å²) in [6, 6.07) is -1.00. The van der Waals surface area contributed by atoms with Crippen LogP contribution in [0.15, 0.2) is 0 Å². The highest BCUT2D eigenvalue weighted by molar-refractivity contribution is 8.76. The number of amides is 4. The van der Waals surface area contributed by atoms with Crippen molar-refractivity contribution in [2.45, 2.75) is 18.5 Å². The molecule has 2 aliphatic rings. The van der Waals surface area contributed by atoms with Gasteiger partial charge in [0.05, 0.1) is 13.1 Å². The molecule has 2 aliphatic heterocycles. The minimum absolute atomic E-state index is 0.0314. The van der Waals surface area contributed by atoms with Gasteiger partial charge in [0.2, 0.25) is 23.6 Å². The molecular weight excluding hydrogens is 316 g/mol. The van der Waals surface area contributed by atoms with Crippen LogP contribution in [0.4, 0.5) is 0 Å². The maximum atomic E-state index is 11.5. The fourth-order valence-corrected chi connectivity index (χ4v) is 4.12. The molecule has 0 aromatic rings. The van der Waals surface area contributed by atoms with Crippen molar-refractivity contribution in [3.05, 3.63) is 0 Å². The van der Waals surface area contributed by atoms with Crippen LogP contribution in [0.2, 0.25) is 0 Å². The van der Waals surface area contributed by atoms with Crippen LogP contribution in [0.25, 0.3) is 0 Å². The minimum Gasteiger partial charge on any atom is -0.345 e.